The van der Waals surface area contributed by atoms with E-state index in [1.165, 1.54) is 6.20 Å². The minimum atomic E-state index is 0.504. The van der Waals surface area contributed by atoms with Gasteiger partial charge in [0.15, 0.2) is 0 Å². The topological polar surface area (TPSA) is 115 Å². The first-order valence-corrected chi connectivity index (χ1v) is 9.57. The van der Waals surface area contributed by atoms with E-state index < -0.39 is 0 Å². The van der Waals surface area contributed by atoms with Crippen LogP contribution in [-0.2, 0) is 0 Å². The average molecular weight is 417 g/mol. The molecule has 0 atom stereocenters. The summed E-state index contributed by atoms with van der Waals surface area (Å²) in [7, 11) is 0. The van der Waals surface area contributed by atoms with Gasteiger partial charge in [0.05, 0.1) is 16.8 Å². The number of hydrogen-bond donors (Lipinski definition) is 3. The number of pyridine rings is 1. The molecule has 8 nitrogen and oxygen atoms in total. The molecule has 0 aliphatic heterocycles. The van der Waals surface area contributed by atoms with Crippen LogP contribution >= 0.6 is 11.6 Å². The smallest absolute Gasteiger partial charge is 0.223 e. The van der Waals surface area contributed by atoms with Gasteiger partial charge in [-0.15, -0.1) is 0 Å². The number of aromatic nitrogens is 5. The maximum Gasteiger partial charge on any atom is 0.223 e. The van der Waals surface area contributed by atoms with Gasteiger partial charge in [-0.25, -0.2) is 19.9 Å². The highest BCUT2D eigenvalue weighted by atomic mass is 35.5. The lowest BCUT2D eigenvalue weighted by Crippen LogP contribution is -2.16. The zero-order valence-electron chi connectivity index (χ0n) is 15.8. The van der Waals surface area contributed by atoms with Gasteiger partial charge in [-0.05, 0) is 24.3 Å². The van der Waals surface area contributed by atoms with Crippen LogP contribution in [0, 0.1) is 11.3 Å². The lowest BCUT2D eigenvalue weighted by atomic mass is 10.1. The number of nitriles is 1. The fourth-order valence-corrected chi connectivity index (χ4v) is 2.94. The van der Waals surface area contributed by atoms with Crippen molar-refractivity contribution in [2.45, 2.75) is 0 Å². The minimum Gasteiger partial charge on any atom is -0.368 e. The molecule has 0 unspecified atom stereocenters. The molecule has 0 aliphatic carbocycles. The highest BCUT2D eigenvalue weighted by Gasteiger charge is 2.13. The highest BCUT2D eigenvalue weighted by molar-refractivity contribution is 6.30. The van der Waals surface area contributed by atoms with Crippen molar-refractivity contribution in [3.63, 3.8) is 0 Å². The lowest BCUT2D eigenvalue weighted by molar-refractivity contribution is 1.02. The minimum absolute atomic E-state index is 0.504. The summed E-state index contributed by atoms with van der Waals surface area (Å²) < 4.78 is 0. The lowest BCUT2D eigenvalue weighted by Gasteiger charge is -2.11. The second-order valence-electron chi connectivity index (χ2n) is 6.30. The summed E-state index contributed by atoms with van der Waals surface area (Å²) in [5.41, 5.74) is 2.99. The summed E-state index contributed by atoms with van der Waals surface area (Å²) in [4.78, 5) is 20.7. The number of nitrogens with one attached hydrogen (secondary N) is 3. The van der Waals surface area contributed by atoms with Gasteiger partial charge in [0.2, 0.25) is 5.95 Å². The Morgan fingerprint density at radius 1 is 0.967 bits per heavy atom. The molecule has 4 rings (SSSR count). The number of halogens is 1. The Balaban J connectivity index is 1.47. The molecule has 3 N–H and O–H groups in total. The molecule has 148 valence electrons. The zero-order valence-corrected chi connectivity index (χ0v) is 16.6. The third-order valence-electron chi connectivity index (χ3n) is 4.27. The third-order valence-corrected chi connectivity index (χ3v) is 4.52. The predicted octanol–water partition coefficient (Wildman–Crippen LogP) is 3.98. The van der Waals surface area contributed by atoms with Gasteiger partial charge < -0.3 is 15.6 Å². The first-order valence-electron chi connectivity index (χ1n) is 9.19. The molecule has 4 aromatic rings. The Bertz CT molecular complexity index is 1150. The molecule has 0 amide bonds. The summed E-state index contributed by atoms with van der Waals surface area (Å²) in [6, 6.07) is 13.0. The van der Waals surface area contributed by atoms with Gasteiger partial charge in [-0.1, -0.05) is 23.7 Å². The molecule has 0 radical (unpaired) electrons. The quantitative estimate of drug-likeness (QED) is 0.390. The van der Waals surface area contributed by atoms with Crippen LogP contribution in [0.5, 0.6) is 0 Å². The van der Waals surface area contributed by atoms with Gasteiger partial charge in [-0.3, -0.25) is 0 Å². The molecular formula is C21H17ClN8. The van der Waals surface area contributed by atoms with E-state index in [9.17, 15) is 0 Å². The first kappa shape index (κ1) is 19.4. The van der Waals surface area contributed by atoms with Crippen molar-refractivity contribution in [3.05, 3.63) is 71.8 Å². The average Bonchev–Trinajstić information content (AvgIpc) is 3.32. The van der Waals surface area contributed by atoms with Crippen LogP contribution in [-0.4, -0.2) is 38.0 Å². The Hall–Kier alpha value is -3.96. The number of nitrogens with zero attached hydrogens (tertiary/aromatic N) is 5. The van der Waals surface area contributed by atoms with Crippen molar-refractivity contribution in [1.29, 1.82) is 5.26 Å². The number of rotatable bonds is 7. The van der Waals surface area contributed by atoms with Crippen LogP contribution < -0.4 is 10.6 Å². The van der Waals surface area contributed by atoms with Crippen LogP contribution in [0.25, 0.3) is 22.6 Å². The second-order valence-corrected chi connectivity index (χ2v) is 6.73. The van der Waals surface area contributed by atoms with Gasteiger partial charge >= 0.3 is 0 Å². The van der Waals surface area contributed by atoms with Crippen molar-refractivity contribution in [3.8, 4) is 28.7 Å². The van der Waals surface area contributed by atoms with Crippen molar-refractivity contribution in [2.24, 2.45) is 0 Å². The van der Waals surface area contributed by atoms with Crippen LogP contribution in [0.2, 0.25) is 5.02 Å². The Morgan fingerprint density at radius 2 is 1.80 bits per heavy atom. The fraction of sp³-hybridized carbons (Fsp3) is 0.0952. The van der Waals surface area contributed by atoms with E-state index in [0.717, 1.165) is 16.8 Å². The van der Waals surface area contributed by atoms with E-state index in [4.69, 9.17) is 21.8 Å². The Kier molecular flexibility index (Phi) is 5.83. The standard InChI is InChI=1S/C21H17ClN8/c22-16-4-2-15(3-5-16)19-17(20-25-8-9-26-20)13-29-21(30-19)27-10-7-24-18-6-1-14(11-23)12-28-18/h1-6,8-9,12-13H,7,10H2,(H,24,28)(H,25,26)(H,27,29,30). The van der Waals surface area contributed by atoms with E-state index in [1.54, 1.807) is 30.7 Å². The van der Waals surface area contributed by atoms with Crippen molar-refractivity contribution >= 4 is 23.4 Å². The summed E-state index contributed by atoms with van der Waals surface area (Å²) in [6.07, 6.45) is 6.73. The molecule has 3 aromatic heterocycles. The largest absolute Gasteiger partial charge is 0.368 e. The van der Waals surface area contributed by atoms with Crippen molar-refractivity contribution < 1.29 is 0 Å². The summed E-state index contributed by atoms with van der Waals surface area (Å²) in [6.45, 7) is 1.19. The SMILES string of the molecule is N#Cc1ccc(NCCNc2ncc(-c3ncc[nH]3)c(-c3ccc(Cl)cc3)n2)nc1. The zero-order chi connectivity index (χ0) is 20.8. The normalized spacial score (nSPS) is 10.4. The molecule has 0 saturated heterocycles. The van der Waals surface area contributed by atoms with Gasteiger partial charge in [-0.2, -0.15) is 5.26 Å². The summed E-state index contributed by atoms with van der Waals surface area (Å²) in [5, 5.41) is 15.9. The van der Waals surface area contributed by atoms with E-state index in [0.29, 0.717) is 41.3 Å². The van der Waals surface area contributed by atoms with Crippen molar-refractivity contribution in [1.82, 2.24) is 24.9 Å². The van der Waals surface area contributed by atoms with E-state index >= 15 is 0 Å². The van der Waals surface area contributed by atoms with Crippen LogP contribution in [0.15, 0.2) is 61.2 Å². The van der Waals surface area contributed by atoms with Crippen LogP contribution in [0.1, 0.15) is 5.56 Å². The molecule has 0 fully saturated rings. The number of imidazole rings is 1. The predicted molar refractivity (Wildman–Crippen MR) is 116 cm³/mol. The highest BCUT2D eigenvalue weighted by Crippen LogP contribution is 2.29. The van der Waals surface area contributed by atoms with Gasteiger partial charge in [0.1, 0.15) is 17.7 Å². The molecule has 3 heterocycles. The molecular weight excluding hydrogens is 400 g/mol. The second kappa shape index (κ2) is 9.03. The number of hydrogen-bond acceptors (Lipinski definition) is 7. The maximum absolute atomic E-state index is 8.82. The monoisotopic (exact) mass is 416 g/mol. The van der Waals surface area contributed by atoms with E-state index in [1.807, 2.05) is 30.3 Å². The van der Waals surface area contributed by atoms with Crippen molar-refractivity contribution in [2.75, 3.05) is 23.7 Å². The Labute approximate surface area is 178 Å². The maximum atomic E-state index is 8.82. The number of H-pyrrole nitrogens is 1. The molecule has 1 aromatic carbocycles. The van der Waals surface area contributed by atoms with Crippen LogP contribution in [0.3, 0.4) is 0 Å². The molecule has 0 aliphatic rings. The number of benzene rings is 1. The van der Waals surface area contributed by atoms with Gasteiger partial charge in [0, 0.05) is 48.5 Å². The third kappa shape index (κ3) is 4.54. The molecule has 30 heavy (non-hydrogen) atoms. The molecule has 0 bridgehead atoms. The van der Waals surface area contributed by atoms with Crippen LogP contribution in [0.4, 0.5) is 11.8 Å². The fourth-order valence-electron chi connectivity index (χ4n) is 2.81. The summed E-state index contributed by atoms with van der Waals surface area (Å²) in [5.74, 6) is 1.90. The molecule has 0 spiro atoms. The molecule has 9 heteroatoms. The number of aromatic amines is 1. The summed E-state index contributed by atoms with van der Waals surface area (Å²) >= 11 is 6.03. The van der Waals surface area contributed by atoms with E-state index in [-0.39, 0.29) is 0 Å². The van der Waals surface area contributed by atoms with Gasteiger partial charge in [0.25, 0.3) is 0 Å². The van der Waals surface area contributed by atoms with E-state index in [2.05, 4.69) is 30.6 Å². The first-order chi connectivity index (χ1) is 14.7. The Morgan fingerprint density at radius 3 is 2.50 bits per heavy atom. The molecule has 0 saturated carbocycles. The number of anilines is 2.